The molecule has 8 heteroatoms. The molecule has 0 saturated heterocycles. The van der Waals surface area contributed by atoms with E-state index in [9.17, 15) is 21.6 Å². The number of fused-ring (bicyclic) bond motifs is 1. The van der Waals surface area contributed by atoms with E-state index in [4.69, 9.17) is 0 Å². The minimum Gasteiger partial charge on any atom is -0.269 e. The number of allylic oxidation sites excluding steroid dienone is 6. The Kier molecular flexibility index (Phi) is 6.80. The molecule has 4 nitrogen and oxygen atoms in total. The van der Waals surface area contributed by atoms with E-state index in [-0.39, 0.29) is 13.0 Å². The van der Waals surface area contributed by atoms with Crippen LogP contribution < -0.4 is 4.31 Å². The average molecular weight is 479 g/mol. The SMILES string of the molecule is CCN(c1cc(C)nc2ccc(C3=CC=CCC(C(F)(F)F)=C3)cc12)S(=O)(=O)C(C)(C)CC. The van der Waals surface area contributed by atoms with E-state index in [1.54, 1.807) is 64.1 Å². The molecule has 0 aliphatic heterocycles. The summed E-state index contributed by atoms with van der Waals surface area (Å²) < 4.78 is 67.6. The van der Waals surface area contributed by atoms with Crippen LogP contribution in [0.4, 0.5) is 18.9 Å². The third-order valence-corrected chi connectivity index (χ3v) is 8.81. The van der Waals surface area contributed by atoms with Crippen LogP contribution in [-0.4, -0.2) is 30.9 Å². The molecule has 1 heterocycles. The van der Waals surface area contributed by atoms with Gasteiger partial charge < -0.3 is 0 Å². The van der Waals surface area contributed by atoms with Crippen molar-refractivity contribution in [2.24, 2.45) is 0 Å². The topological polar surface area (TPSA) is 50.3 Å². The highest BCUT2D eigenvalue weighted by molar-refractivity contribution is 7.94. The quantitative estimate of drug-likeness (QED) is 0.463. The molecule has 33 heavy (non-hydrogen) atoms. The summed E-state index contributed by atoms with van der Waals surface area (Å²) in [6.07, 6.45) is 1.68. The van der Waals surface area contributed by atoms with Crippen LogP contribution in [0.15, 0.2) is 54.1 Å². The Labute approximate surface area is 193 Å². The Morgan fingerprint density at radius 2 is 1.82 bits per heavy atom. The summed E-state index contributed by atoms with van der Waals surface area (Å²) >= 11 is 0. The summed E-state index contributed by atoms with van der Waals surface area (Å²) in [5.41, 5.74) is 2.06. The van der Waals surface area contributed by atoms with Gasteiger partial charge in [-0.05, 0) is 75.9 Å². The predicted molar refractivity (Wildman–Crippen MR) is 129 cm³/mol. The molecule has 3 rings (SSSR count). The lowest BCUT2D eigenvalue weighted by Crippen LogP contribution is -2.44. The Morgan fingerprint density at radius 1 is 1.12 bits per heavy atom. The molecule has 0 atom stereocenters. The van der Waals surface area contributed by atoms with Crippen molar-refractivity contribution in [1.29, 1.82) is 0 Å². The second-order valence-corrected chi connectivity index (χ2v) is 11.2. The first-order valence-electron chi connectivity index (χ1n) is 10.9. The van der Waals surface area contributed by atoms with Gasteiger partial charge in [0.2, 0.25) is 10.0 Å². The number of rotatable bonds is 6. The van der Waals surface area contributed by atoms with Crippen LogP contribution in [0.3, 0.4) is 0 Å². The third-order valence-electron chi connectivity index (χ3n) is 6.09. The van der Waals surface area contributed by atoms with Crippen molar-refractivity contribution < 1.29 is 21.6 Å². The summed E-state index contributed by atoms with van der Waals surface area (Å²) in [5, 5.41) is 0.575. The van der Waals surface area contributed by atoms with Gasteiger partial charge in [-0.3, -0.25) is 9.29 Å². The van der Waals surface area contributed by atoms with E-state index in [1.165, 1.54) is 10.4 Å². The van der Waals surface area contributed by atoms with E-state index in [0.717, 1.165) is 6.08 Å². The van der Waals surface area contributed by atoms with Gasteiger partial charge in [0.25, 0.3) is 0 Å². The van der Waals surface area contributed by atoms with Gasteiger partial charge in [-0.2, -0.15) is 13.2 Å². The molecule has 0 radical (unpaired) electrons. The molecule has 1 aromatic heterocycles. The number of benzene rings is 1. The van der Waals surface area contributed by atoms with E-state index in [0.29, 0.717) is 39.8 Å². The molecule has 0 fully saturated rings. The smallest absolute Gasteiger partial charge is 0.269 e. The lowest BCUT2D eigenvalue weighted by atomic mass is 10.00. The van der Waals surface area contributed by atoms with Gasteiger partial charge in [0.05, 0.1) is 16.0 Å². The lowest BCUT2D eigenvalue weighted by Gasteiger charge is -2.33. The number of anilines is 1. The highest BCUT2D eigenvalue weighted by Crippen LogP contribution is 2.37. The highest BCUT2D eigenvalue weighted by Gasteiger charge is 2.38. The van der Waals surface area contributed by atoms with Crippen molar-refractivity contribution in [3.05, 3.63) is 65.4 Å². The van der Waals surface area contributed by atoms with E-state index in [2.05, 4.69) is 4.98 Å². The maximum atomic E-state index is 13.5. The number of alkyl halides is 3. The number of hydrogen-bond acceptors (Lipinski definition) is 3. The minimum absolute atomic E-state index is 0.197. The molecule has 0 saturated carbocycles. The van der Waals surface area contributed by atoms with Crippen molar-refractivity contribution in [1.82, 2.24) is 4.98 Å². The largest absolute Gasteiger partial charge is 0.413 e. The molecule has 1 aliphatic carbocycles. The maximum absolute atomic E-state index is 13.5. The van der Waals surface area contributed by atoms with Gasteiger partial charge in [0.1, 0.15) is 0 Å². The number of halogens is 3. The standard InChI is InChI=1S/C25H29F3N2O2S/c1-6-24(4,5)33(31,32)30(7-2)23-14-17(3)29-22-13-12-19(16-21(22)23)18-10-8-9-11-20(15-18)25(26,27)28/h8-10,12-16H,6-7,11H2,1-5H3. The van der Waals surface area contributed by atoms with Crippen molar-refractivity contribution >= 4 is 32.2 Å². The second kappa shape index (κ2) is 8.97. The minimum atomic E-state index is -4.42. The fourth-order valence-corrected chi connectivity index (χ4v) is 5.42. The van der Waals surface area contributed by atoms with Crippen LogP contribution in [0.1, 0.15) is 51.8 Å². The van der Waals surface area contributed by atoms with Gasteiger partial charge in [-0.15, -0.1) is 0 Å². The summed E-state index contributed by atoms with van der Waals surface area (Å²) in [4.78, 5) is 4.53. The Bertz CT molecular complexity index is 1260. The number of sulfonamides is 1. The van der Waals surface area contributed by atoms with Crippen molar-refractivity contribution in [3.63, 3.8) is 0 Å². The highest BCUT2D eigenvalue weighted by atomic mass is 32.2. The molecular weight excluding hydrogens is 449 g/mol. The van der Waals surface area contributed by atoms with Crippen LogP contribution >= 0.6 is 0 Å². The first-order chi connectivity index (χ1) is 15.3. The zero-order valence-corrected chi connectivity index (χ0v) is 20.3. The average Bonchev–Trinajstić information content (AvgIpc) is 3.00. The second-order valence-electron chi connectivity index (χ2n) is 8.72. The number of hydrogen-bond donors (Lipinski definition) is 0. The molecule has 0 unspecified atom stereocenters. The fraction of sp³-hybridized carbons (Fsp3) is 0.400. The van der Waals surface area contributed by atoms with Crippen LogP contribution in [0.25, 0.3) is 16.5 Å². The summed E-state index contributed by atoms with van der Waals surface area (Å²) in [7, 11) is -3.71. The summed E-state index contributed by atoms with van der Waals surface area (Å²) in [6, 6.07) is 6.89. The van der Waals surface area contributed by atoms with Crippen LogP contribution in [-0.2, 0) is 10.0 Å². The zero-order chi connectivity index (χ0) is 24.6. The number of pyridine rings is 1. The van der Waals surface area contributed by atoms with E-state index < -0.39 is 26.5 Å². The lowest BCUT2D eigenvalue weighted by molar-refractivity contribution is -0.0928. The first-order valence-corrected chi connectivity index (χ1v) is 12.3. The fourth-order valence-electron chi connectivity index (χ4n) is 3.71. The molecule has 1 aromatic carbocycles. The van der Waals surface area contributed by atoms with Crippen molar-refractivity contribution in [2.45, 2.75) is 58.4 Å². The third kappa shape index (κ3) is 4.86. The van der Waals surface area contributed by atoms with Gasteiger partial charge in [0.15, 0.2) is 0 Å². The molecule has 0 N–H and O–H groups in total. The Morgan fingerprint density at radius 3 is 2.42 bits per heavy atom. The van der Waals surface area contributed by atoms with Crippen molar-refractivity contribution in [2.75, 3.05) is 10.8 Å². The monoisotopic (exact) mass is 478 g/mol. The normalized spacial score (nSPS) is 15.3. The Balaban J connectivity index is 2.24. The predicted octanol–water partition coefficient (Wildman–Crippen LogP) is 6.72. The van der Waals surface area contributed by atoms with Crippen LogP contribution in [0.2, 0.25) is 0 Å². The number of nitrogens with zero attached hydrogens (tertiary/aromatic N) is 2. The summed E-state index contributed by atoms with van der Waals surface area (Å²) in [5.74, 6) is 0. The van der Waals surface area contributed by atoms with Gasteiger partial charge in [-0.25, -0.2) is 8.42 Å². The molecule has 0 bridgehead atoms. The Hall–Kier alpha value is -2.61. The number of aromatic nitrogens is 1. The van der Waals surface area contributed by atoms with Gasteiger partial charge >= 0.3 is 6.18 Å². The zero-order valence-electron chi connectivity index (χ0n) is 19.5. The van der Waals surface area contributed by atoms with Crippen molar-refractivity contribution in [3.8, 4) is 0 Å². The van der Waals surface area contributed by atoms with Crippen LogP contribution in [0, 0.1) is 6.92 Å². The van der Waals surface area contributed by atoms with E-state index in [1.807, 2.05) is 6.92 Å². The molecule has 1 aliphatic rings. The number of aryl methyl sites for hydroxylation is 1. The van der Waals surface area contributed by atoms with E-state index >= 15 is 0 Å². The van der Waals surface area contributed by atoms with Gasteiger partial charge in [0, 0.05) is 23.2 Å². The molecule has 178 valence electrons. The first kappa shape index (κ1) is 25.0. The molecule has 0 spiro atoms. The molecular formula is C25H29F3N2O2S. The molecule has 0 amide bonds. The summed E-state index contributed by atoms with van der Waals surface area (Å²) in [6.45, 7) is 9.00. The van der Waals surface area contributed by atoms with Crippen LogP contribution in [0.5, 0.6) is 0 Å². The maximum Gasteiger partial charge on any atom is 0.413 e. The van der Waals surface area contributed by atoms with Gasteiger partial charge in [-0.1, -0.05) is 31.2 Å². The molecule has 2 aromatic rings.